The molecular formula is C15H16ClNOS. The van der Waals surface area contributed by atoms with Crippen LogP contribution in [0.3, 0.4) is 0 Å². The van der Waals surface area contributed by atoms with Gasteiger partial charge in [0.15, 0.2) is 0 Å². The number of rotatable bonds is 4. The van der Waals surface area contributed by atoms with E-state index in [-0.39, 0.29) is 0 Å². The molecule has 1 aliphatic rings. The minimum Gasteiger partial charge on any atom is -0.493 e. The van der Waals surface area contributed by atoms with Gasteiger partial charge in [-0.05, 0) is 41.6 Å². The van der Waals surface area contributed by atoms with Crippen molar-refractivity contribution >= 4 is 22.9 Å². The molecule has 2 nitrogen and oxygen atoms in total. The largest absolute Gasteiger partial charge is 0.493 e. The fraction of sp³-hybridized carbons (Fsp3) is 0.333. The predicted octanol–water partition coefficient (Wildman–Crippen LogP) is 3.93. The number of thiophene rings is 1. The highest BCUT2D eigenvalue weighted by atomic mass is 35.5. The maximum atomic E-state index is 6.15. The Morgan fingerprint density at radius 1 is 1.37 bits per heavy atom. The Morgan fingerprint density at radius 3 is 3.05 bits per heavy atom. The Hall–Kier alpha value is -1.03. The lowest BCUT2D eigenvalue weighted by Crippen LogP contribution is -2.13. The van der Waals surface area contributed by atoms with E-state index in [9.17, 15) is 0 Å². The van der Waals surface area contributed by atoms with Gasteiger partial charge in [0.1, 0.15) is 5.75 Å². The normalized spacial score (nSPS) is 13.4. The number of ether oxygens (including phenoxy) is 1. The highest BCUT2D eigenvalue weighted by Gasteiger charge is 2.17. The van der Waals surface area contributed by atoms with Crippen LogP contribution in [0.15, 0.2) is 23.6 Å². The lowest BCUT2D eigenvalue weighted by atomic mass is 10.1. The summed E-state index contributed by atoms with van der Waals surface area (Å²) in [5.41, 5.74) is 3.75. The minimum absolute atomic E-state index is 0.771. The molecule has 3 rings (SSSR count). The zero-order chi connectivity index (χ0) is 13.2. The summed E-state index contributed by atoms with van der Waals surface area (Å²) in [5, 5.41) is 6.40. The van der Waals surface area contributed by atoms with Crippen LogP contribution in [-0.4, -0.2) is 6.61 Å². The van der Waals surface area contributed by atoms with Crippen molar-refractivity contribution in [1.29, 1.82) is 0 Å². The third-order valence-electron chi connectivity index (χ3n) is 3.39. The molecule has 1 aromatic heterocycles. The van der Waals surface area contributed by atoms with Crippen LogP contribution < -0.4 is 10.1 Å². The summed E-state index contributed by atoms with van der Waals surface area (Å²) in [6.07, 6.45) is 0.965. The van der Waals surface area contributed by atoms with Crippen molar-refractivity contribution < 1.29 is 4.74 Å². The van der Waals surface area contributed by atoms with E-state index in [0.29, 0.717) is 0 Å². The van der Waals surface area contributed by atoms with E-state index in [1.165, 1.54) is 16.0 Å². The first-order chi connectivity index (χ1) is 9.24. The number of aryl methyl sites for hydroxylation is 1. The molecule has 0 aliphatic carbocycles. The molecule has 0 amide bonds. The van der Waals surface area contributed by atoms with Crippen molar-refractivity contribution in [3.63, 3.8) is 0 Å². The van der Waals surface area contributed by atoms with Crippen LogP contribution in [0.1, 0.15) is 21.6 Å². The third kappa shape index (κ3) is 2.78. The molecule has 2 heterocycles. The van der Waals surface area contributed by atoms with Gasteiger partial charge in [-0.25, -0.2) is 0 Å². The van der Waals surface area contributed by atoms with Crippen molar-refractivity contribution in [2.75, 3.05) is 6.61 Å². The predicted molar refractivity (Wildman–Crippen MR) is 80.3 cm³/mol. The molecule has 1 aliphatic heterocycles. The Kier molecular flexibility index (Phi) is 3.78. The van der Waals surface area contributed by atoms with Crippen LogP contribution in [-0.2, 0) is 19.5 Å². The van der Waals surface area contributed by atoms with Gasteiger partial charge in [-0.2, -0.15) is 0 Å². The first kappa shape index (κ1) is 13.0. The van der Waals surface area contributed by atoms with E-state index in [1.807, 2.05) is 12.1 Å². The van der Waals surface area contributed by atoms with E-state index < -0.39 is 0 Å². The van der Waals surface area contributed by atoms with Crippen LogP contribution in [0, 0.1) is 6.92 Å². The number of benzene rings is 1. The van der Waals surface area contributed by atoms with Crippen LogP contribution in [0.2, 0.25) is 5.02 Å². The van der Waals surface area contributed by atoms with E-state index in [4.69, 9.17) is 16.3 Å². The summed E-state index contributed by atoms with van der Waals surface area (Å²) in [7, 11) is 0. The van der Waals surface area contributed by atoms with E-state index in [0.717, 1.165) is 42.5 Å². The van der Waals surface area contributed by atoms with Crippen molar-refractivity contribution in [3.05, 3.63) is 50.2 Å². The van der Waals surface area contributed by atoms with Crippen molar-refractivity contribution in [2.45, 2.75) is 26.4 Å². The maximum Gasteiger partial charge on any atom is 0.127 e. The van der Waals surface area contributed by atoms with Gasteiger partial charge in [0.25, 0.3) is 0 Å². The number of fused-ring (bicyclic) bond motifs is 1. The number of nitrogens with one attached hydrogen (secondary N) is 1. The van der Waals surface area contributed by atoms with E-state index in [1.54, 1.807) is 11.3 Å². The molecule has 0 bridgehead atoms. The van der Waals surface area contributed by atoms with Crippen LogP contribution >= 0.6 is 22.9 Å². The highest BCUT2D eigenvalue weighted by Crippen LogP contribution is 2.32. The standard InChI is InChI=1S/C15H16ClNOS/c1-10-3-5-19-14(10)9-17-8-12-7-13(16)6-11-2-4-18-15(11)12/h3,5-7,17H,2,4,8-9H2,1H3. The van der Waals surface area contributed by atoms with Gasteiger partial charge < -0.3 is 10.1 Å². The fourth-order valence-electron chi connectivity index (χ4n) is 2.37. The van der Waals surface area contributed by atoms with Crippen LogP contribution in [0.25, 0.3) is 0 Å². The first-order valence-corrected chi connectivity index (χ1v) is 7.67. The monoisotopic (exact) mass is 293 g/mol. The van der Waals surface area contributed by atoms with Gasteiger partial charge in [0.05, 0.1) is 6.61 Å². The summed E-state index contributed by atoms with van der Waals surface area (Å²) in [5.74, 6) is 1.03. The number of halogens is 1. The van der Waals surface area contributed by atoms with Gasteiger partial charge in [-0.15, -0.1) is 11.3 Å². The molecule has 0 saturated heterocycles. The molecule has 0 atom stereocenters. The Bertz CT molecular complexity index is 594. The second-order valence-electron chi connectivity index (χ2n) is 4.78. The SMILES string of the molecule is Cc1ccsc1CNCc1cc(Cl)cc2c1OCC2. The highest BCUT2D eigenvalue weighted by molar-refractivity contribution is 7.10. The van der Waals surface area contributed by atoms with Crippen molar-refractivity contribution in [3.8, 4) is 5.75 Å². The molecule has 1 aromatic carbocycles. The lowest BCUT2D eigenvalue weighted by molar-refractivity contribution is 0.352. The minimum atomic E-state index is 0.771. The van der Waals surface area contributed by atoms with Gasteiger partial charge in [-0.1, -0.05) is 11.6 Å². The fourth-order valence-corrected chi connectivity index (χ4v) is 3.51. The molecule has 4 heteroatoms. The van der Waals surface area contributed by atoms with Gasteiger partial charge in [-0.3, -0.25) is 0 Å². The zero-order valence-electron chi connectivity index (χ0n) is 10.8. The van der Waals surface area contributed by atoms with Crippen molar-refractivity contribution in [2.24, 2.45) is 0 Å². The zero-order valence-corrected chi connectivity index (χ0v) is 12.4. The average molecular weight is 294 g/mol. The molecule has 100 valence electrons. The Balaban J connectivity index is 1.69. The topological polar surface area (TPSA) is 21.3 Å². The van der Waals surface area contributed by atoms with Gasteiger partial charge in [0.2, 0.25) is 0 Å². The third-order valence-corrected chi connectivity index (χ3v) is 4.64. The average Bonchev–Trinajstić information content (AvgIpc) is 2.98. The van der Waals surface area contributed by atoms with Gasteiger partial charge >= 0.3 is 0 Å². The smallest absolute Gasteiger partial charge is 0.127 e. The number of hydrogen-bond donors (Lipinski definition) is 1. The van der Waals surface area contributed by atoms with Crippen LogP contribution in [0.5, 0.6) is 5.75 Å². The summed E-state index contributed by atoms with van der Waals surface area (Å²) in [6.45, 7) is 4.60. The second-order valence-corrected chi connectivity index (χ2v) is 6.22. The summed E-state index contributed by atoms with van der Waals surface area (Å²) >= 11 is 7.94. The molecule has 0 saturated carbocycles. The molecule has 0 radical (unpaired) electrons. The number of hydrogen-bond acceptors (Lipinski definition) is 3. The Morgan fingerprint density at radius 2 is 2.26 bits per heavy atom. The maximum absolute atomic E-state index is 6.15. The molecule has 1 N–H and O–H groups in total. The first-order valence-electron chi connectivity index (χ1n) is 6.42. The lowest BCUT2D eigenvalue weighted by Gasteiger charge is -2.10. The molecule has 0 spiro atoms. The van der Waals surface area contributed by atoms with Gasteiger partial charge in [0, 0.05) is 35.0 Å². The molecular weight excluding hydrogens is 278 g/mol. The molecule has 19 heavy (non-hydrogen) atoms. The van der Waals surface area contributed by atoms with Crippen molar-refractivity contribution in [1.82, 2.24) is 5.32 Å². The molecule has 2 aromatic rings. The summed E-state index contributed by atoms with van der Waals surface area (Å²) in [4.78, 5) is 1.39. The molecule has 0 fully saturated rings. The van der Waals surface area contributed by atoms with E-state index in [2.05, 4.69) is 23.7 Å². The summed E-state index contributed by atoms with van der Waals surface area (Å²) < 4.78 is 5.70. The second kappa shape index (κ2) is 5.53. The molecule has 0 unspecified atom stereocenters. The summed E-state index contributed by atoms with van der Waals surface area (Å²) in [6, 6.07) is 6.17. The van der Waals surface area contributed by atoms with E-state index >= 15 is 0 Å². The van der Waals surface area contributed by atoms with Crippen LogP contribution in [0.4, 0.5) is 0 Å². The quantitative estimate of drug-likeness (QED) is 0.922. The Labute approximate surface area is 122 Å².